The first-order valence-corrected chi connectivity index (χ1v) is 6.25. The lowest BCUT2D eigenvalue weighted by atomic mass is 10.0. The van der Waals surface area contributed by atoms with Crippen LogP contribution in [0.1, 0.15) is 19.8 Å². The van der Waals surface area contributed by atoms with E-state index < -0.39 is 4.92 Å². The largest absolute Gasteiger partial charge is 0.396 e. The molecule has 1 atom stereocenters. The Labute approximate surface area is 111 Å². The number of aliphatic hydroxyl groups excluding tert-OH is 1. The highest BCUT2D eigenvalue weighted by molar-refractivity contribution is 6.33. The third kappa shape index (κ3) is 4.16. The normalized spacial score (nSPS) is 12.2. The van der Waals surface area contributed by atoms with Crippen molar-refractivity contribution >= 4 is 23.0 Å². The Morgan fingerprint density at radius 2 is 2.28 bits per heavy atom. The standard InChI is InChI=1S/C12H17ClN2O3/c1-2-9(5-6-16)8-14-12-4-3-10(15(17)18)7-11(12)13/h3-4,7,9,14,16H,2,5-6,8H2,1H3. The molecule has 0 aromatic heterocycles. The Kier molecular flexibility index (Phi) is 5.88. The summed E-state index contributed by atoms with van der Waals surface area (Å²) in [7, 11) is 0. The van der Waals surface area contributed by atoms with Crippen molar-refractivity contribution in [2.75, 3.05) is 18.5 Å². The number of nitro benzene ring substituents is 1. The monoisotopic (exact) mass is 272 g/mol. The van der Waals surface area contributed by atoms with Crippen molar-refractivity contribution in [3.05, 3.63) is 33.3 Å². The lowest BCUT2D eigenvalue weighted by molar-refractivity contribution is -0.384. The van der Waals surface area contributed by atoms with E-state index in [1.54, 1.807) is 6.07 Å². The summed E-state index contributed by atoms with van der Waals surface area (Å²) in [5.74, 6) is 0.362. The molecule has 0 aliphatic rings. The fourth-order valence-electron chi connectivity index (χ4n) is 1.65. The topological polar surface area (TPSA) is 75.4 Å². The molecule has 100 valence electrons. The molecule has 0 radical (unpaired) electrons. The lowest BCUT2D eigenvalue weighted by Gasteiger charge is -2.15. The van der Waals surface area contributed by atoms with Gasteiger partial charge in [-0.15, -0.1) is 0 Å². The maximum absolute atomic E-state index is 10.6. The van der Waals surface area contributed by atoms with Crippen molar-refractivity contribution in [3.8, 4) is 0 Å². The summed E-state index contributed by atoms with van der Waals surface area (Å²) >= 11 is 5.96. The Balaban J connectivity index is 2.65. The van der Waals surface area contributed by atoms with Gasteiger partial charge >= 0.3 is 0 Å². The van der Waals surface area contributed by atoms with Gasteiger partial charge < -0.3 is 10.4 Å². The Hall–Kier alpha value is -1.33. The Morgan fingerprint density at radius 1 is 1.56 bits per heavy atom. The third-order valence-electron chi connectivity index (χ3n) is 2.86. The number of aliphatic hydroxyl groups is 1. The van der Waals surface area contributed by atoms with Crippen LogP contribution in [0.25, 0.3) is 0 Å². The number of non-ortho nitro benzene ring substituents is 1. The number of nitrogens with one attached hydrogen (secondary N) is 1. The van der Waals surface area contributed by atoms with Crippen LogP contribution in [0.3, 0.4) is 0 Å². The molecule has 0 aliphatic heterocycles. The second-order valence-electron chi connectivity index (χ2n) is 4.09. The van der Waals surface area contributed by atoms with Crippen molar-refractivity contribution in [3.63, 3.8) is 0 Å². The minimum absolute atomic E-state index is 0.0204. The minimum Gasteiger partial charge on any atom is -0.396 e. The zero-order valence-corrected chi connectivity index (χ0v) is 11.0. The van der Waals surface area contributed by atoms with Crippen LogP contribution in [0.5, 0.6) is 0 Å². The molecule has 0 fully saturated rings. The molecule has 1 unspecified atom stereocenters. The number of anilines is 1. The molecule has 1 aromatic carbocycles. The summed E-state index contributed by atoms with van der Waals surface area (Å²) in [4.78, 5) is 10.1. The molecule has 1 aromatic rings. The van der Waals surface area contributed by atoms with Gasteiger partial charge in [0.1, 0.15) is 0 Å². The summed E-state index contributed by atoms with van der Waals surface area (Å²) in [6, 6.07) is 4.35. The minimum atomic E-state index is -0.476. The number of nitrogens with zero attached hydrogens (tertiary/aromatic N) is 1. The molecule has 5 nitrogen and oxygen atoms in total. The molecule has 0 saturated heterocycles. The van der Waals surface area contributed by atoms with Gasteiger partial charge in [0.15, 0.2) is 0 Å². The van der Waals surface area contributed by atoms with Crippen molar-refractivity contribution in [1.29, 1.82) is 0 Å². The first kappa shape index (κ1) is 14.7. The van der Waals surface area contributed by atoms with E-state index in [0.717, 1.165) is 12.8 Å². The van der Waals surface area contributed by atoms with Crippen LogP contribution in [0.2, 0.25) is 5.02 Å². The van der Waals surface area contributed by atoms with E-state index in [2.05, 4.69) is 12.2 Å². The molecule has 0 saturated carbocycles. The molecule has 6 heteroatoms. The van der Waals surface area contributed by atoms with Crippen molar-refractivity contribution in [1.82, 2.24) is 0 Å². The first-order valence-electron chi connectivity index (χ1n) is 5.87. The average molecular weight is 273 g/mol. The fraction of sp³-hybridized carbons (Fsp3) is 0.500. The van der Waals surface area contributed by atoms with Crippen molar-refractivity contribution in [2.24, 2.45) is 5.92 Å². The van der Waals surface area contributed by atoms with Crippen molar-refractivity contribution < 1.29 is 10.0 Å². The first-order chi connectivity index (χ1) is 8.58. The molecule has 18 heavy (non-hydrogen) atoms. The number of nitro groups is 1. The highest BCUT2D eigenvalue weighted by Gasteiger charge is 2.11. The maximum atomic E-state index is 10.6. The van der Waals surface area contributed by atoms with Crippen LogP contribution >= 0.6 is 11.6 Å². The summed E-state index contributed by atoms with van der Waals surface area (Å²) in [6.45, 7) is 2.90. The van der Waals surface area contributed by atoms with Gasteiger partial charge in [-0.25, -0.2) is 0 Å². The third-order valence-corrected chi connectivity index (χ3v) is 3.17. The molecule has 0 heterocycles. The zero-order chi connectivity index (χ0) is 13.5. The molecule has 1 rings (SSSR count). The van der Waals surface area contributed by atoms with Crippen LogP contribution in [-0.2, 0) is 0 Å². The van der Waals surface area contributed by atoms with Gasteiger partial charge in [-0.1, -0.05) is 24.9 Å². The molecular formula is C12H17ClN2O3. The lowest BCUT2D eigenvalue weighted by Crippen LogP contribution is -2.15. The second-order valence-corrected chi connectivity index (χ2v) is 4.50. The van der Waals surface area contributed by atoms with Gasteiger partial charge in [0.05, 0.1) is 15.6 Å². The molecule has 0 bridgehead atoms. The van der Waals surface area contributed by atoms with Crippen LogP contribution in [0.15, 0.2) is 18.2 Å². The number of hydrogen-bond donors (Lipinski definition) is 2. The van der Waals surface area contributed by atoms with Gasteiger partial charge in [0, 0.05) is 25.3 Å². The zero-order valence-electron chi connectivity index (χ0n) is 10.2. The summed E-state index contributed by atoms with van der Waals surface area (Å²) in [6.07, 6.45) is 1.69. The SMILES string of the molecule is CCC(CCO)CNc1ccc([N+](=O)[O-])cc1Cl. The van der Waals surface area contributed by atoms with E-state index in [9.17, 15) is 10.1 Å². The molecule has 0 amide bonds. The smallest absolute Gasteiger partial charge is 0.271 e. The van der Waals surface area contributed by atoms with Crippen molar-refractivity contribution in [2.45, 2.75) is 19.8 Å². The number of hydrogen-bond acceptors (Lipinski definition) is 4. The van der Waals surface area contributed by atoms with E-state index in [-0.39, 0.29) is 12.3 Å². The van der Waals surface area contributed by atoms with E-state index in [4.69, 9.17) is 16.7 Å². The van der Waals surface area contributed by atoms with Crippen LogP contribution < -0.4 is 5.32 Å². The van der Waals surface area contributed by atoms with E-state index >= 15 is 0 Å². The number of rotatable bonds is 7. The molecule has 0 spiro atoms. The van der Waals surface area contributed by atoms with Crippen LogP contribution in [-0.4, -0.2) is 23.2 Å². The van der Waals surface area contributed by atoms with Gasteiger partial charge in [-0.05, 0) is 18.4 Å². The Morgan fingerprint density at radius 3 is 2.78 bits per heavy atom. The van der Waals surface area contributed by atoms with E-state index in [1.807, 2.05) is 0 Å². The highest BCUT2D eigenvalue weighted by atomic mass is 35.5. The number of benzene rings is 1. The average Bonchev–Trinajstić information content (AvgIpc) is 2.35. The molecule has 0 aliphatic carbocycles. The van der Waals surface area contributed by atoms with Crippen LogP contribution in [0, 0.1) is 16.0 Å². The molecular weight excluding hydrogens is 256 g/mol. The predicted molar refractivity (Wildman–Crippen MR) is 72.1 cm³/mol. The second kappa shape index (κ2) is 7.18. The number of halogens is 1. The van der Waals surface area contributed by atoms with E-state index in [1.165, 1.54) is 12.1 Å². The maximum Gasteiger partial charge on any atom is 0.271 e. The van der Waals surface area contributed by atoms with Gasteiger partial charge in [0.25, 0.3) is 5.69 Å². The predicted octanol–water partition coefficient (Wildman–Crippen LogP) is 3.07. The van der Waals surface area contributed by atoms with Gasteiger partial charge in [-0.3, -0.25) is 10.1 Å². The van der Waals surface area contributed by atoms with E-state index in [0.29, 0.717) is 23.2 Å². The Bertz CT molecular complexity index is 412. The quantitative estimate of drug-likeness (QED) is 0.591. The van der Waals surface area contributed by atoms with Gasteiger partial charge in [-0.2, -0.15) is 0 Å². The summed E-state index contributed by atoms with van der Waals surface area (Å²) in [5.41, 5.74) is 0.659. The summed E-state index contributed by atoms with van der Waals surface area (Å²) < 4.78 is 0. The molecule has 2 N–H and O–H groups in total. The van der Waals surface area contributed by atoms with Gasteiger partial charge in [0.2, 0.25) is 0 Å². The van der Waals surface area contributed by atoms with Crippen LogP contribution in [0.4, 0.5) is 11.4 Å². The fourth-order valence-corrected chi connectivity index (χ4v) is 1.89. The highest BCUT2D eigenvalue weighted by Crippen LogP contribution is 2.27. The summed E-state index contributed by atoms with van der Waals surface area (Å²) in [5, 5.41) is 22.9.